The highest BCUT2D eigenvalue weighted by Crippen LogP contribution is 2.08. The van der Waals surface area contributed by atoms with Crippen molar-refractivity contribution in [1.82, 2.24) is 24.5 Å². The average molecular weight is 344 g/mol. The van der Waals surface area contributed by atoms with Crippen LogP contribution in [0.1, 0.15) is 36.5 Å². The predicted octanol–water partition coefficient (Wildman–Crippen LogP) is 0.406. The molecule has 0 radical (unpaired) electrons. The molecule has 3 rings (SSSR count). The molecule has 1 aliphatic rings. The fourth-order valence-corrected chi connectivity index (χ4v) is 2.91. The van der Waals surface area contributed by atoms with Gasteiger partial charge in [-0.2, -0.15) is 5.10 Å². The van der Waals surface area contributed by atoms with Gasteiger partial charge in [0.1, 0.15) is 11.7 Å². The van der Waals surface area contributed by atoms with E-state index >= 15 is 0 Å². The summed E-state index contributed by atoms with van der Waals surface area (Å²) in [6.07, 6.45) is 3.35. The number of imidazole rings is 1. The summed E-state index contributed by atoms with van der Waals surface area (Å²) in [5.74, 6) is 1.73. The van der Waals surface area contributed by atoms with Crippen molar-refractivity contribution in [3.8, 4) is 0 Å². The molecule has 0 spiro atoms. The second-order valence-corrected chi connectivity index (χ2v) is 6.22. The normalized spacial score (nSPS) is 16.2. The van der Waals surface area contributed by atoms with E-state index < -0.39 is 0 Å². The van der Waals surface area contributed by atoms with E-state index in [1.165, 1.54) is 0 Å². The number of aliphatic imine (C=N–C) groups is 2. The summed E-state index contributed by atoms with van der Waals surface area (Å²) < 4.78 is 1.59. The summed E-state index contributed by atoms with van der Waals surface area (Å²) >= 11 is 0. The highest BCUT2D eigenvalue weighted by atomic mass is 16.1. The van der Waals surface area contributed by atoms with Crippen molar-refractivity contribution in [2.75, 3.05) is 20.1 Å². The van der Waals surface area contributed by atoms with E-state index in [9.17, 15) is 4.79 Å². The van der Waals surface area contributed by atoms with Crippen LogP contribution in [0.5, 0.6) is 0 Å². The van der Waals surface area contributed by atoms with Crippen molar-refractivity contribution in [3.63, 3.8) is 0 Å². The molecule has 3 heterocycles. The molecule has 25 heavy (non-hydrogen) atoms. The van der Waals surface area contributed by atoms with E-state index in [-0.39, 0.29) is 5.56 Å². The van der Waals surface area contributed by atoms with Crippen molar-refractivity contribution in [2.45, 2.75) is 39.5 Å². The van der Waals surface area contributed by atoms with Crippen LogP contribution < -0.4 is 11.3 Å². The zero-order valence-electron chi connectivity index (χ0n) is 14.9. The van der Waals surface area contributed by atoms with Crippen LogP contribution in [0.4, 0.5) is 0 Å². The largest absolute Gasteiger partial charge is 0.369 e. The molecule has 1 saturated heterocycles. The van der Waals surface area contributed by atoms with Crippen LogP contribution in [0.15, 0.2) is 14.8 Å². The van der Waals surface area contributed by atoms with Gasteiger partial charge in [0.2, 0.25) is 5.65 Å². The molecular weight excluding hydrogens is 320 g/mol. The zero-order valence-corrected chi connectivity index (χ0v) is 14.9. The van der Waals surface area contributed by atoms with Gasteiger partial charge >= 0.3 is 0 Å². The number of aryl methyl sites for hydroxylation is 3. The lowest BCUT2D eigenvalue weighted by atomic mass is 10.3. The molecule has 2 aromatic rings. The molecule has 0 amide bonds. The van der Waals surface area contributed by atoms with E-state index in [2.05, 4.69) is 30.0 Å². The molecule has 0 unspecified atom stereocenters. The standard InChI is InChI=1S/C16H24N8O/c1-10-11(2)24-14(19-10)15(25)20-13(22-24)7-6-12(18-3)21-16(17)23-8-4-5-9-23/h4-9H2,1-3H3,(H2,17,18,21)(H,20,22,25). The number of aromatic amines is 1. The van der Waals surface area contributed by atoms with Crippen molar-refractivity contribution >= 4 is 17.4 Å². The molecule has 0 bridgehead atoms. The Hall–Kier alpha value is -2.71. The van der Waals surface area contributed by atoms with Crippen molar-refractivity contribution in [3.05, 3.63) is 27.6 Å². The number of nitrogens with one attached hydrogen (secondary N) is 1. The van der Waals surface area contributed by atoms with Crippen molar-refractivity contribution < 1.29 is 0 Å². The number of amidine groups is 1. The molecule has 0 aliphatic carbocycles. The molecule has 9 heteroatoms. The first-order chi connectivity index (χ1) is 12.0. The number of hydrogen-bond donors (Lipinski definition) is 2. The highest BCUT2D eigenvalue weighted by molar-refractivity contribution is 5.95. The molecule has 0 saturated carbocycles. The quantitative estimate of drug-likeness (QED) is 0.617. The number of aromatic nitrogens is 4. The van der Waals surface area contributed by atoms with Gasteiger partial charge in [0.15, 0.2) is 5.96 Å². The molecule has 0 atom stereocenters. The molecular formula is C16H24N8O. The Labute approximate surface area is 145 Å². The monoisotopic (exact) mass is 344 g/mol. The highest BCUT2D eigenvalue weighted by Gasteiger charge is 2.15. The summed E-state index contributed by atoms with van der Waals surface area (Å²) in [5, 5.41) is 4.47. The van der Waals surface area contributed by atoms with Crippen LogP contribution in [-0.4, -0.2) is 56.4 Å². The second kappa shape index (κ2) is 7.04. The summed E-state index contributed by atoms with van der Waals surface area (Å²) in [4.78, 5) is 29.9. The van der Waals surface area contributed by atoms with E-state index in [1.54, 1.807) is 11.6 Å². The number of nitrogens with two attached hydrogens (primary N) is 1. The molecule has 1 fully saturated rings. The minimum atomic E-state index is -0.240. The summed E-state index contributed by atoms with van der Waals surface area (Å²) in [6, 6.07) is 0. The van der Waals surface area contributed by atoms with Gasteiger partial charge in [-0.1, -0.05) is 0 Å². The molecule has 9 nitrogen and oxygen atoms in total. The van der Waals surface area contributed by atoms with Gasteiger partial charge in [0.25, 0.3) is 5.56 Å². The van der Waals surface area contributed by atoms with Crippen LogP contribution in [0.25, 0.3) is 5.65 Å². The van der Waals surface area contributed by atoms with Gasteiger partial charge in [-0.15, -0.1) is 0 Å². The third kappa shape index (κ3) is 3.54. The van der Waals surface area contributed by atoms with Crippen LogP contribution >= 0.6 is 0 Å². The van der Waals surface area contributed by atoms with Crippen LogP contribution in [-0.2, 0) is 6.42 Å². The summed E-state index contributed by atoms with van der Waals surface area (Å²) in [7, 11) is 1.69. The van der Waals surface area contributed by atoms with E-state index in [0.29, 0.717) is 36.1 Å². The molecule has 1 aliphatic heterocycles. The minimum Gasteiger partial charge on any atom is -0.369 e. The average Bonchev–Trinajstić information content (AvgIpc) is 3.22. The third-order valence-electron chi connectivity index (χ3n) is 4.51. The number of hydrogen-bond acceptors (Lipinski definition) is 4. The predicted molar refractivity (Wildman–Crippen MR) is 97.2 cm³/mol. The maximum atomic E-state index is 12.2. The lowest BCUT2D eigenvalue weighted by Crippen LogP contribution is -2.35. The molecule has 134 valence electrons. The fourth-order valence-electron chi connectivity index (χ4n) is 2.91. The van der Waals surface area contributed by atoms with E-state index in [1.807, 2.05) is 13.8 Å². The second-order valence-electron chi connectivity index (χ2n) is 6.22. The SMILES string of the molecule is CN=C(CCc1nn2c(C)c(C)nc2c(=O)[nH]1)N=C(N)N1CCCC1. The summed E-state index contributed by atoms with van der Waals surface area (Å²) in [6.45, 7) is 5.64. The molecule has 3 N–H and O–H groups in total. The van der Waals surface area contributed by atoms with Gasteiger partial charge in [-0.05, 0) is 26.7 Å². The smallest absolute Gasteiger partial charge is 0.294 e. The first-order valence-electron chi connectivity index (χ1n) is 8.49. The van der Waals surface area contributed by atoms with Crippen LogP contribution in [0, 0.1) is 13.8 Å². The van der Waals surface area contributed by atoms with Gasteiger partial charge in [-0.25, -0.2) is 14.5 Å². The number of guanidine groups is 1. The Morgan fingerprint density at radius 1 is 1.32 bits per heavy atom. The lowest BCUT2D eigenvalue weighted by Gasteiger charge is -2.15. The van der Waals surface area contributed by atoms with Crippen molar-refractivity contribution in [2.24, 2.45) is 15.7 Å². The Kier molecular flexibility index (Phi) is 4.82. The van der Waals surface area contributed by atoms with E-state index in [0.717, 1.165) is 37.3 Å². The van der Waals surface area contributed by atoms with Gasteiger partial charge in [0.05, 0.1) is 11.4 Å². The Morgan fingerprint density at radius 2 is 2.04 bits per heavy atom. The number of H-pyrrole nitrogens is 1. The fraction of sp³-hybridized carbons (Fsp3) is 0.562. The van der Waals surface area contributed by atoms with Gasteiger partial charge in [0, 0.05) is 33.0 Å². The maximum absolute atomic E-state index is 12.2. The Balaban J connectivity index is 1.76. The topological polar surface area (TPSA) is 117 Å². The Bertz CT molecular complexity index is 885. The molecule has 2 aromatic heterocycles. The third-order valence-corrected chi connectivity index (χ3v) is 4.51. The zero-order chi connectivity index (χ0) is 18.0. The Morgan fingerprint density at radius 3 is 2.72 bits per heavy atom. The first-order valence-corrected chi connectivity index (χ1v) is 8.49. The van der Waals surface area contributed by atoms with Gasteiger partial charge < -0.3 is 15.6 Å². The number of nitrogens with zero attached hydrogens (tertiary/aromatic N) is 6. The number of likely N-dealkylation sites (tertiary alicyclic amines) is 1. The molecule has 0 aromatic carbocycles. The first kappa shape index (κ1) is 17.1. The van der Waals surface area contributed by atoms with Crippen LogP contribution in [0.2, 0.25) is 0 Å². The van der Waals surface area contributed by atoms with E-state index in [4.69, 9.17) is 5.73 Å². The summed E-state index contributed by atoms with van der Waals surface area (Å²) in [5.41, 5.74) is 7.80. The number of rotatable bonds is 3. The minimum absolute atomic E-state index is 0.240. The van der Waals surface area contributed by atoms with Crippen molar-refractivity contribution in [1.29, 1.82) is 0 Å². The lowest BCUT2D eigenvalue weighted by molar-refractivity contribution is 0.514. The van der Waals surface area contributed by atoms with Gasteiger partial charge in [-0.3, -0.25) is 9.79 Å². The number of fused-ring (bicyclic) bond motifs is 1. The maximum Gasteiger partial charge on any atom is 0.294 e. The van der Waals surface area contributed by atoms with Crippen LogP contribution in [0.3, 0.4) is 0 Å².